The fourth-order valence-electron chi connectivity index (χ4n) is 2.12. The Morgan fingerprint density at radius 2 is 2.00 bits per heavy atom. The van der Waals surface area contributed by atoms with Crippen molar-refractivity contribution in [1.82, 2.24) is 4.90 Å². The summed E-state index contributed by atoms with van der Waals surface area (Å²) in [4.78, 5) is 2.43. The number of ether oxygens (including phenoxy) is 1. The van der Waals surface area contributed by atoms with Crippen molar-refractivity contribution in [3.05, 3.63) is 29.8 Å². The highest BCUT2D eigenvalue weighted by Gasteiger charge is 2.11. The highest BCUT2D eigenvalue weighted by molar-refractivity contribution is 5.39. The van der Waals surface area contributed by atoms with Crippen molar-refractivity contribution in [2.24, 2.45) is 5.92 Å². The standard InChI is InChI=1S/C18H27NO2/c1-15(2)14-19(16(3)4)10-12-21-18-9-5-7-17(13-18)8-6-11-20/h5,7,9,13,15-16,20H,10-12,14H2,1-4H3. The molecule has 1 aromatic carbocycles. The molecule has 3 nitrogen and oxygen atoms in total. The van der Waals surface area contributed by atoms with E-state index in [1.54, 1.807) is 0 Å². The highest BCUT2D eigenvalue weighted by atomic mass is 16.5. The average Bonchev–Trinajstić information content (AvgIpc) is 2.44. The molecule has 116 valence electrons. The van der Waals surface area contributed by atoms with Crippen LogP contribution < -0.4 is 4.74 Å². The molecule has 1 rings (SSSR count). The predicted molar refractivity (Wildman–Crippen MR) is 87.4 cm³/mol. The Kier molecular flexibility index (Phi) is 7.89. The Morgan fingerprint density at radius 1 is 1.24 bits per heavy atom. The summed E-state index contributed by atoms with van der Waals surface area (Å²) in [7, 11) is 0. The van der Waals surface area contributed by atoms with Gasteiger partial charge in [0.05, 0.1) is 0 Å². The van der Waals surface area contributed by atoms with Crippen LogP contribution in [0.25, 0.3) is 0 Å². The topological polar surface area (TPSA) is 32.7 Å². The number of benzene rings is 1. The van der Waals surface area contributed by atoms with Crippen LogP contribution in [0, 0.1) is 17.8 Å². The minimum absolute atomic E-state index is 0.121. The normalized spacial score (nSPS) is 10.9. The van der Waals surface area contributed by atoms with E-state index in [0.29, 0.717) is 18.6 Å². The first-order valence-electron chi connectivity index (χ1n) is 7.59. The third-order valence-electron chi connectivity index (χ3n) is 3.12. The van der Waals surface area contributed by atoms with E-state index < -0.39 is 0 Å². The molecule has 0 aromatic heterocycles. The molecule has 21 heavy (non-hydrogen) atoms. The molecule has 0 atom stereocenters. The van der Waals surface area contributed by atoms with Gasteiger partial charge in [0.25, 0.3) is 0 Å². The average molecular weight is 289 g/mol. The van der Waals surface area contributed by atoms with E-state index in [1.165, 1.54) is 0 Å². The van der Waals surface area contributed by atoms with Crippen LogP contribution in [0.15, 0.2) is 24.3 Å². The lowest BCUT2D eigenvalue weighted by Gasteiger charge is -2.28. The summed E-state index contributed by atoms with van der Waals surface area (Å²) in [6, 6.07) is 8.20. The maximum atomic E-state index is 8.71. The summed E-state index contributed by atoms with van der Waals surface area (Å²) in [6.07, 6.45) is 0. The first-order chi connectivity index (χ1) is 10.0. The van der Waals surface area contributed by atoms with Crippen LogP contribution in [0.1, 0.15) is 33.3 Å². The second kappa shape index (κ2) is 9.44. The molecule has 0 radical (unpaired) electrons. The van der Waals surface area contributed by atoms with Gasteiger partial charge in [0, 0.05) is 24.7 Å². The van der Waals surface area contributed by atoms with Crippen molar-refractivity contribution in [3.63, 3.8) is 0 Å². The molecule has 0 bridgehead atoms. The smallest absolute Gasteiger partial charge is 0.120 e. The van der Waals surface area contributed by atoms with E-state index in [2.05, 4.69) is 44.4 Å². The minimum atomic E-state index is -0.121. The SMILES string of the molecule is CC(C)CN(CCOc1cccc(C#CCO)c1)C(C)C. The molecule has 0 aliphatic rings. The Hall–Kier alpha value is -1.50. The fourth-order valence-corrected chi connectivity index (χ4v) is 2.12. The van der Waals surface area contributed by atoms with Crippen molar-refractivity contribution >= 4 is 0 Å². The third kappa shape index (κ3) is 7.17. The van der Waals surface area contributed by atoms with Gasteiger partial charge in [-0.15, -0.1) is 0 Å². The molecule has 1 aromatic rings. The minimum Gasteiger partial charge on any atom is -0.492 e. The van der Waals surface area contributed by atoms with Gasteiger partial charge in [0.15, 0.2) is 0 Å². The zero-order valence-corrected chi connectivity index (χ0v) is 13.6. The zero-order valence-electron chi connectivity index (χ0n) is 13.6. The van der Waals surface area contributed by atoms with Crippen molar-refractivity contribution in [2.45, 2.75) is 33.7 Å². The van der Waals surface area contributed by atoms with E-state index >= 15 is 0 Å². The van der Waals surface area contributed by atoms with E-state index in [9.17, 15) is 0 Å². The van der Waals surface area contributed by atoms with Gasteiger partial charge in [-0.2, -0.15) is 0 Å². The monoisotopic (exact) mass is 289 g/mol. The summed E-state index contributed by atoms with van der Waals surface area (Å²) in [5.74, 6) is 7.02. The van der Waals surface area contributed by atoms with Gasteiger partial charge in [0.2, 0.25) is 0 Å². The number of nitrogens with zero attached hydrogens (tertiary/aromatic N) is 1. The van der Waals surface area contributed by atoms with Crippen molar-refractivity contribution < 1.29 is 9.84 Å². The van der Waals surface area contributed by atoms with E-state index in [-0.39, 0.29) is 6.61 Å². The van der Waals surface area contributed by atoms with Crippen LogP contribution in [0.2, 0.25) is 0 Å². The Balaban J connectivity index is 2.50. The van der Waals surface area contributed by atoms with Crippen molar-refractivity contribution in [2.75, 3.05) is 26.3 Å². The summed E-state index contributed by atoms with van der Waals surface area (Å²) >= 11 is 0. The molecule has 3 heteroatoms. The third-order valence-corrected chi connectivity index (χ3v) is 3.12. The van der Waals surface area contributed by atoms with Crippen LogP contribution in [-0.4, -0.2) is 42.4 Å². The van der Waals surface area contributed by atoms with E-state index in [0.717, 1.165) is 24.4 Å². The van der Waals surface area contributed by atoms with E-state index in [1.807, 2.05) is 24.3 Å². The summed E-state index contributed by atoms with van der Waals surface area (Å²) in [6.45, 7) is 11.5. The zero-order chi connectivity index (χ0) is 15.7. The van der Waals surface area contributed by atoms with Gasteiger partial charge in [-0.25, -0.2) is 0 Å². The quantitative estimate of drug-likeness (QED) is 0.784. The van der Waals surface area contributed by atoms with Crippen LogP contribution >= 0.6 is 0 Å². The molecule has 0 amide bonds. The lowest BCUT2D eigenvalue weighted by atomic mass is 10.2. The number of aliphatic hydroxyl groups is 1. The van der Waals surface area contributed by atoms with Gasteiger partial charge < -0.3 is 9.84 Å². The number of rotatable bonds is 7. The second-order valence-electron chi connectivity index (χ2n) is 5.82. The van der Waals surface area contributed by atoms with Gasteiger partial charge in [-0.05, 0) is 38.0 Å². The first-order valence-corrected chi connectivity index (χ1v) is 7.59. The van der Waals surface area contributed by atoms with Crippen molar-refractivity contribution in [3.8, 4) is 17.6 Å². The van der Waals surface area contributed by atoms with Crippen LogP contribution in [-0.2, 0) is 0 Å². The Labute approximate surface area is 128 Å². The van der Waals surface area contributed by atoms with Crippen LogP contribution in [0.4, 0.5) is 0 Å². The number of hydrogen-bond acceptors (Lipinski definition) is 3. The van der Waals surface area contributed by atoms with Crippen LogP contribution in [0.5, 0.6) is 5.75 Å². The molecular formula is C18H27NO2. The van der Waals surface area contributed by atoms with Gasteiger partial charge in [0.1, 0.15) is 19.0 Å². The molecule has 0 fully saturated rings. The molecule has 0 aliphatic heterocycles. The lowest BCUT2D eigenvalue weighted by molar-refractivity contribution is 0.160. The molecule has 1 N–H and O–H groups in total. The summed E-state index contributed by atoms with van der Waals surface area (Å²) in [5, 5.41) is 8.71. The largest absolute Gasteiger partial charge is 0.492 e. The summed E-state index contributed by atoms with van der Waals surface area (Å²) in [5.41, 5.74) is 0.865. The van der Waals surface area contributed by atoms with E-state index in [4.69, 9.17) is 9.84 Å². The second-order valence-corrected chi connectivity index (χ2v) is 5.82. The molecule has 0 saturated carbocycles. The Bertz CT molecular complexity index is 472. The molecule has 0 aliphatic carbocycles. The maximum Gasteiger partial charge on any atom is 0.120 e. The molecular weight excluding hydrogens is 262 g/mol. The molecule has 0 saturated heterocycles. The maximum absolute atomic E-state index is 8.71. The van der Waals surface area contributed by atoms with Gasteiger partial charge in [-0.3, -0.25) is 4.90 Å². The van der Waals surface area contributed by atoms with Crippen LogP contribution in [0.3, 0.4) is 0 Å². The number of hydrogen-bond donors (Lipinski definition) is 1. The van der Waals surface area contributed by atoms with Crippen molar-refractivity contribution in [1.29, 1.82) is 0 Å². The molecule has 0 spiro atoms. The number of aliphatic hydroxyl groups excluding tert-OH is 1. The predicted octanol–water partition coefficient (Wildman–Crippen LogP) is 2.78. The summed E-state index contributed by atoms with van der Waals surface area (Å²) < 4.78 is 5.82. The fraction of sp³-hybridized carbons (Fsp3) is 0.556. The molecule has 0 heterocycles. The first kappa shape index (κ1) is 17.6. The van der Waals surface area contributed by atoms with Gasteiger partial charge >= 0.3 is 0 Å². The molecule has 0 unspecified atom stereocenters. The Morgan fingerprint density at radius 3 is 2.62 bits per heavy atom. The van der Waals surface area contributed by atoms with Gasteiger partial charge in [-0.1, -0.05) is 31.8 Å². The highest BCUT2D eigenvalue weighted by Crippen LogP contribution is 2.13. The lowest BCUT2D eigenvalue weighted by Crippen LogP contribution is -2.37.